The second-order valence-corrected chi connectivity index (χ2v) is 3.89. The highest BCUT2D eigenvalue weighted by molar-refractivity contribution is 5.86. The number of carbonyl (C=O) groups excluding carboxylic acids is 1. The second kappa shape index (κ2) is 6.83. The Kier molecular flexibility index (Phi) is 5.34. The van der Waals surface area contributed by atoms with Crippen molar-refractivity contribution in [1.82, 2.24) is 0 Å². The van der Waals surface area contributed by atoms with Crippen molar-refractivity contribution in [2.75, 3.05) is 6.61 Å². The highest BCUT2D eigenvalue weighted by Crippen LogP contribution is 2.03. The van der Waals surface area contributed by atoms with Gasteiger partial charge in [0.15, 0.2) is 0 Å². The monoisotopic (exact) mass is 218 g/mol. The molecular formula is C14H18O2. The lowest BCUT2D eigenvalue weighted by molar-refractivity contribution is -0.138. The second-order valence-electron chi connectivity index (χ2n) is 3.89. The average molecular weight is 218 g/mol. The van der Waals surface area contributed by atoms with Gasteiger partial charge in [-0.25, -0.2) is 4.79 Å². The number of rotatable bonds is 5. The molecule has 0 bridgehead atoms. The minimum atomic E-state index is -0.274. The minimum Gasteiger partial charge on any atom is -0.462 e. The number of ether oxygens (including phenoxy) is 1. The zero-order chi connectivity index (χ0) is 11.8. The van der Waals surface area contributed by atoms with Gasteiger partial charge in [0.25, 0.3) is 0 Å². The van der Waals surface area contributed by atoms with Gasteiger partial charge < -0.3 is 4.74 Å². The Balaban J connectivity index is 2.37. The van der Waals surface area contributed by atoms with Crippen molar-refractivity contribution < 1.29 is 9.53 Å². The SMILES string of the molecule is CCC(C)COC(=O)/C=C/c1ccccc1. The van der Waals surface area contributed by atoms with Crippen LogP contribution in [-0.4, -0.2) is 12.6 Å². The topological polar surface area (TPSA) is 26.3 Å². The predicted molar refractivity (Wildman–Crippen MR) is 65.9 cm³/mol. The molecule has 0 N–H and O–H groups in total. The van der Waals surface area contributed by atoms with Crippen molar-refractivity contribution in [3.05, 3.63) is 42.0 Å². The largest absolute Gasteiger partial charge is 0.462 e. The van der Waals surface area contributed by atoms with E-state index < -0.39 is 0 Å². The lowest BCUT2D eigenvalue weighted by atomic mass is 10.1. The maximum Gasteiger partial charge on any atom is 0.330 e. The number of benzene rings is 1. The third kappa shape index (κ3) is 4.78. The normalized spacial score (nSPS) is 12.6. The molecule has 0 aromatic heterocycles. The average Bonchev–Trinajstić information content (AvgIpc) is 2.34. The van der Waals surface area contributed by atoms with E-state index in [4.69, 9.17) is 4.74 Å². The fourth-order valence-corrected chi connectivity index (χ4v) is 1.12. The van der Waals surface area contributed by atoms with E-state index in [1.165, 1.54) is 6.08 Å². The molecule has 86 valence electrons. The Bertz CT molecular complexity index is 341. The number of esters is 1. The fraction of sp³-hybridized carbons (Fsp3) is 0.357. The summed E-state index contributed by atoms with van der Waals surface area (Å²) in [5, 5.41) is 0. The molecule has 1 atom stereocenters. The third-order valence-corrected chi connectivity index (χ3v) is 2.42. The summed E-state index contributed by atoms with van der Waals surface area (Å²) in [4.78, 5) is 11.3. The van der Waals surface area contributed by atoms with E-state index in [0.717, 1.165) is 12.0 Å². The smallest absolute Gasteiger partial charge is 0.330 e. The summed E-state index contributed by atoms with van der Waals surface area (Å²) in [5.41, 5.74) is 1.00. The summed E-state index contributed by atoms with van der Waals surface area (Å²) in [5.74, 6) is 0.151. The van der Waals surface area contributed by atoms with Crippen LogP contribution in [0.15, 0.2) is 36.4 Å². The predicted octanol–water partition coefficient (Wildman–Crippen LogP) is 3.29. The molecule has 16 heavy (non-hydrogen) atoms. The van der Waals surface area contributed by atoms with Gasteiger partial charge in [-0.1, -0.05) is 50.6 Å². The number of hydrogen-bond donors (Lipinski definition) is 0. The summed E-state index contributed by atoms with van der Waals surface area (Å²) in [6.07, 6.45) is 4.26. The molecule has 0 aliphatic heterocycles. The van der Waals surface area contributed by atoms with Crippen LogP contribution >= 0.6 is 0 Å². The number of carbonyl (C=O) groups is 1. The van der Waals surface area contributed by atoms with Gasteiger partial charge in [-0.05, 0) is 17.6 Å². The zero-order valence-corrected chi connectivity index (χ0v) is 9.85. The lowest BCUT2D eigenvalue weighted by Crippen LogP contribution is -2.08. The van der Waals surface area contributed by atoms with Crippen molar-refractivity contribution in [3.8, 4) is 0 Å². The summed E-state index contributed by atoms with van der Waals surface area (Å²) in [7, 11) is 0. The van der Waals surface area contributed by atoms with Gasteiger partial charge in [0.05, 0.1) is 6.61 Å². The quantitative estimate of drug-likeness (QED) is 0.560. The van der Waals surface area contributed by atoms with E-state index in [9.17, 15) is 4.79 Å². The molecule has 0 aliphatic rings. The number of hydrogen-bond acceptors (Lipinski definition) is 2. The molecule has 1 aromatic carbocycles. The van der Waals surface area contributed by atoms with Crippen LogP contribution in [0.3, 0.4) is 0 Å². The highest BCUT2D eigenvalue weighted by atomic mass is 16.5. The van der Waals surface area contributed by atoms with Crippen molar-refractivity contribution in [2.45, 2.75) is 20.3 Å². The summed E-state index contributed by atoms with van der Waals surface area (Å²) >= 11 is 0. The molecule has 0 radical (unpaired) electrons. The van der Waals surface area contributed by atoms with Gasteiger partial charge in [-0.3, -0.25) is 0 Å². The van der Waals surface area contributed by atoms with Crippen LogP contribution in [0.5, 0.6) is 0 Å². The lowest BCUT2D eigenvalue weighted by Gasteiger charge is -2.07. The van der Waals surface area contributed by atoms with Gasteiger partial charge in [0.1, 0.15) is 0 Å². The summed E-state index contributed by atoms with van der Waals surface area (Å²) in [6, 6.07) is 9.70. The molecule has 1 unspecified atom stereocenters. The van der Waals surface area contributed by atoms with Crippen molar-refractivity contribution >= 4 is 12.0 Å². The maximum absolute atomic E-state index is 11.3. The van der Waals surface area contributed by atoms with E-state index in [2.05, 4.69) is 13.8 Å². The van der Waals surface area contributed by atoms with E-state index in [1.54, 1.807) is 6.08 Å². The Morgan fingerprint density at radius 3 is 2.69 bits per heavy atom. The molecule has 0 fully saturated rings. The molecule has 0 amide bonds. The Morgan fingerprint density at radius 2 is 2.06 bits per heavy atom. The Morgan fingerprint density at radius 1 is 1.38 bits per heavy atom. The maximum atomic E-state index is 11.3. The van der Waals surface area contributed by atoms with Crippen LogP contribution in [0.2, 0.25) is 0 Å². The molecule has 0 heterocycles. The van der Waals surface area contributed by atoms with E-state index >= 15 is 0 Å². The van der Waals surface area contributed by atoms with Crippen LogP contribution < -0.4 is 0 Å². The van der Waals surface area contributed by atoms with E-state index in [-0.39, 0.29) is 5.97 Å². The zero-order valence-electron chi connectivity index (χ0n) is 9.85. The van der Waals surface area contributed by atoms with Crippen LogP contribution in [0.1, 0.15) is 25.8 Å². The first-order chi connectivity index (χ1) is 7.72. The van der Waals surface area contributed by atoms with Gasteiger partial charge in [0.2, 0.25) is 0 Å². The van der Waals surface area contributed by atoms with Crippen molar-refractivity contribution in [2.24, 2.45) is 5.92 Å². The van der Waals surface area contributed by atoms with Crippen LogP contribution in [-0.2, 0) is 9.53 Å². The third-order valence-electron chi connectivity index (χ3n) is 2.42. The minimum absolute atomic E-state index is 0.274. The Labute approximate surface area is 96.9 Å². The van der Waals surface area contributed by atoms with Crippen LogP contribution in [0.25, 0.3) is 6.08 Å². The first kappa shape index (κ1) is 12.5. The molecule has 0 spiro atoms. The first-order valence-corrected chi connectivity index (χ1v) is 5.62. The van der Waals surface area contributed by atoms with Crippen molar-refractivity contribution in [3.63, 3.8) is 0 Å². The van der Waals surface area contributed by atoms with Crippen molar-refractivity contribution in [1.29, 1.82) is 0 Å². The molecule has 0 aliphatic carbocycles. The molecular weight excluding hydrogens is 200 g/mol. The molecule has 2 heteroatoms. The van der Waals surface area contributed by atoms with E-state index in [0.29, 0.717) is 12.5 Å². The Hall–Kier alpha value is -1.57. The molecule has 2 nitrogen and oxygen atoms in total. The first-order valence-electron chi connectivity index (χ1n) is 5.62. The van der Waals surface area contributed by atoms with Gasteiger partial charge in [-0.15, -0.1) is 0 Å². The fourth-order valence-electron chi connectivity index (χ4n) is 1.12. The molecule has 1 aromatic rings. The summed E-state index contributed by atoms with van der Waals surface area (Å²) in [6.45, 7) is 4.64. The standard InChI is InChI=1S/C14H18O2/c1-3-12(2)11-16-14(15)10-9-13-7-5-4-6-8-13/h4-10,12H,3,11H2,1-2H3/b10-9+. The van der Waals surface area contributed by atoms with E-state index in [1.807, 2.05) is 30.3 Å². The summed E-state index contributed by atoms with van der Waals surface area (Å²) < 4.78 is 5.09. The molecule has 0 saturated carbocycles. The molecule has 1 rings (SSSR count). The van der Waals surface area contributed by atoms with Gasteiger partial charge in [0, 0.05) is 6.08 Å². The van der Waals surface area contributed by atoms with Crippen LogP contribution in [0.4, 0.5) is 0 Å². The van der Waals surface area contributed by atoms with Gasteiger partial charge in [-0.2, -0.15) is 0 Å². The van der Waals surface area contributed by atoms with Gasteiger partial charge >= 0.3 is 5.97 Å². The highest BCUT2D eigenvalue weighted by Gasteiger charge is 2.01. The molecule has 0 saturated heterocycles. The van der Waals surface area contributed by atoms with Crippen LogP contribution in [0, 0.1) is 5.92 Å².